The molecule has 3 unspecified atom stereocenters. The van der Waals surface area contributed by atoms with Crippen LogP contribution in [0.15, 0.2) is 30.3 Å². The summed E-state index contributed by atoms with van der Waals surface area (Å²) in [6.07, 6.45) is -1.62. The Labute approximate surface area is 133 Å². The summed E-state index contributed by atoms with van der Waals surface area (Å²) in [5, 5.41) is 0.220. The van der Waals surface area contributed by atoms with Crippen molar-refractivity contribution in [1.82, 2.24) is 5.12 Å². The van der Waals surface area contributed by atoms with Crippen molar-refractivity contribution in [3.05, 3.63) is 35.9 Å². The molecule has 1 fully saturated rings. The summed E-state index contributed by atoms with van der Waals surface area (Å²) in [6, 6.07) is 9.22. The number of hydrogen-bond donors (Lipinski definition) is 1. The van der Waals surface area contributed by atoms with E-state index < -0.39 is 46.5 Å². The molecule has 1 aliphatic rings. The number of cyclic esters (lactones) is 1. The Morgan fingerprint density at radius 1 is 1.36 bits per heavy atom. The number of hydrogen-bond acceptors (Lipinski definition) is 3. The van der Waals surface area contributed by atoms with Gasteiger partial charge >= 0.3 is 133 Å². The van der Waals surface area contributed by atoms with Crippen molar-refractivity contribution in [3.63, 3.8) is 0 Å². The minimum absolute atomic E-state index is 0.0221. The van der Waals surface area contributed by atoms with Crippen molar-refractivity contribution in [2.45, 2.75) is 37.3 Å². The van der Waals surface area contributed by atoms with Gasteiger partial charge in [-0.25, -0.2) is 0 Å². The van der Waals surface area contributed by atoms with E-state index in [2.05, 4.69) is 0 Å². The average molecular weight is 415 g/mol. The number of halogens is 1. The Kier molecular flexibility index (Phi) is 4.99. The normalized spacial score (nSPS) is 23.3. The molecule has 5 nitrogen and oxygen atoms in total. The number of rotatable bonds is 5. The second kappa shape index (κ2) is 6.44. The molecule has 3 atom stereocenters. The maximum absolute atomic E-state index is 14.2. The van der Waals surface area contributed by atoms with E-state index in [9.17, 15) is 14.1 Å². The van der Waals surface area contributed by atoms with Crippen LogP contribution >= 0.6 is 0 Å². The Morgan fingerprint density at radius 2 is 1.95 bits per heavy atom. The number of ether oxygens (including phenoxy) is 1. The number of amides is 2. The predicted molar refractivity (Wildman–Crippen MR) is 83.3 cm³/mol. The molecule has 2 amide bonds. The van der Waals surface area contributed by atoms with Crippen LogP contribution in [0.1, 0.15) is 17.9 Å². The molecule has 1 aromatic rings. The van der Waals surface area contributed by atoms with E-state index in [1.54, 1.807) is 0 Å². The molecular formula is C15H21FN2O3Sn. The number of benzene rings is 1. The van der Waals surface area contributed by atoms with Crippen molar-refractivity contribution in [3.8, 4) is 0 Å². The van der Waals surface area contributed by atoms with Gasteiger partial charge in [0.25, 0.3) is 0 Å². The predicted octanol–water partition coefficient (Wildman–Crippen LogP) is 2.60. The third kappa shape index (κ3) is 3.53. The molecule has 1 aromatic carbocycles. The van der Waals surface area contributed by atoms with Crippen LogP contribution in [-0.4, -0.2) is 45.7 Å². The first-order valence-corrected chi connectivity index (χ1v) is 17.4. The van der Waals surface area contributed by atoms with Crippen LogP contribution in [0, 0.1) is 0 Å². The number of primary amides is 1. The van der Waals surface area contributed by atoms with Crippen LogP contribution < -0.4 is 5.73 Å². The fourth-order valence-corrected chi connectivity index (χ4v) is 8.86. The molecule has 1 saturated heterocycles. The third-order valence-electron chi connectivity index (χ3n) is 3.90. The number of carbonyl (C=O) groups is 2. The molecule has 0 radical (unpaired) electrons. The zero-order valence-electron chi connectivity index (χ0n) is 13.0. The maximum atomic E-state index is 14.2. The third-order valence-corrected chi connectivity index (χ3v) is 10.5. The summed E-state index contributed by atoms with van der Waals surface area (Å²) in [7, 11) is 0. The summed E-state index contributed by atoms with van der Waals surface area (Å²) >= 11 is -2.87. The Morgan fingerprint density at radius 3 is 2.45 bits per heavy atom. The zero-order valence-corrected chi connectivity index (χ0v) is 15.8. The van der Waals surface area contributed by atoms with Crippen LogP contribution in [-0.2, 0) is 9.53 Å². The fourth-order valence-electron chi connectivity index (χ4n) is 2.95. The quantitative estimate of drug-likeness (QED) is 0.594. The molecular weight excluding hydrogens is 394 g/mol. The zero-order chi connectivity index (χ0) is 16.5. The minimum atomic E-state index is -2.87. The fraction of sp³-hybridized carbons (Fsp3) is 0.467. The Hall–Kier alpha value is -1.31. The van der Waals surface area contributed by atoms with Gasteiger partial charge in [-0.2, -0.15) is 0 Å². The molecule has 0 aliphatic carbocycles. The van der Waals surface area contributed by atoms with Gasteiger partial charge in [0.05, 0.1) is 0 Å². The molecule has 0 aromatic heterocycles. The van der Waals surface area contributed by atoms with E-state index in [0.717, 1.165) is 5.56 Å². The van der Waals surface area contributed by atoms with E-state index in [-0.39, 0.29) is 11.5 Å². The van der Waals surface area contributed by atoms with Gasteiger partial charge in [0.2, 0.25) is 0 Å². The standard InChI is InChI=1S/C12H12FN2O3.3CH3.Sn/c13-15-7-10(18-12(15)17)9(6-11(14)16)8-4-2-1-3-5-8;;;;/h1-5,7,9-10H,6H2,(H2,14,16);3*1H3;. The first kappa shape index (κ1) is 17.0. The summed E-state index contributed by atoms with van der Waals surface area (Å²) in [6.45, 7) is 0. The van der Waals surface area contributed by atoms with Crippen molar-refractivity contribution in [2.75, 3.05) is 0 Å². The van der Waals surface area contributed by atoms with E-state index in [4.69, 9.17) is 10.5 Å². The Bertz CT molecular complexity index is 562. The summed E-state index contributed by atoms with van der Waals surface area (Å²) < 4.78 is 18.9. The van der Waals surface area contributed by atoms with Crippen molar-refractivity contribution in [1.29, 1.82) is 0 Å². The molecule has 1 heterocycles. The van der Waals surface area contributed by atoms with Crippen molar-refractivity contribution >= 4 is 30.4 Å². The van der Waals surface area contributed by atoms with Gasteiger partial charge in [-0.1, -0.05) is 0 Å². The number of nitrogens with zero attached hydrogens (tertiary/aromatic N) is 1. The molecule has 1 aliphatic heterocycles. The summed E-state index contributed by atoms with van der Waals surface area (Å²) in [5.74, 6) is -0.922. The van der Waals surface area contributed by atoms with Gasteiger partial charge in [0, 0.05) is 0 Å². The SMILES string of the molecule is [CH3][Sn]([CH3])([CH3])[CH]1C(C(CC(N)=O)c2ccccc2)OC(=O)N1F. The first-order chi connectivity index (χ1) is 10.2. The van der Waals surface area contributed by atoms with Crippen molar-refractivity contribution in [2.24, 2.45) is 5.73 Å². The monoisotopic (exact) mass is 416 g/mol. The van der Waals surface area contributed by atoms with Gasteiger partial charge in [-0.05, 0) is 0 Å². The summed E-state index contributed by atoms with van der Waals surface area (Å²) in [4.78, 5) is 29.3. The van der Waals surface area contributed by atoms with Crippen LogP contribution in [0.4, 0.5) is 9.28 Å². The van der Waals surface area contributed by atoms with E-state index in [1.807, 2.05) is 45.2 Å². The molecule has 0 spiro atoms. The van der Waals surface area contributed by atoms with Crippen LogP contribution in [0.2, 0.25) is 14.8 Å². The van der Waals surface area contributed by atoms with E-state index in [1.165, 1.54) is 0 Å². The van der Waals surface area contributed by atoms with Gasteiger partial charge in [-0.3, -0.25) is 0 Å². The first-order valence-electron chi connectivity index (χ1n) is 7.20. The second-order valence-electron chi connectivity index (χ2n) is 6.66. The van der Waals surface area contributed by atoms with E-state index in [0.29, 0.717) is 0 Å². The number of carbonyl (C=O) groups excluding carboxylic acids is 2. The van der Waals surface area contributed by atoms with Gasteiger partial charge in [-0.15, -0.1) is 0 Å². The summed E-state index contributed by atoms with van der Waals surface area (Å²) in [5.41, 5.74) is 6.18. The second-order valence-corrected chi connectivity index (χ2v) is 21.9. The van der Waals surface area contributed by atoms with Gasteiger partial charge < -0.3 is 0 Å². The molecule has 0 saturated carbocycles. The Balaban J connectivity index is 2.41. The van der Waals surface area contributed by atoms with Crippen LogP contribution in [0.25, 0.3) is 0 Å². The molecule has 7 heteroatoms. The van der Waals surface area contributed by atoms with E-state index >= 15 is 0 Å². The molecule has 2 N–H and O–H groups in total. The molecule has 22 heavy (non-hydrogen) atoms. The average Bonchev–Trinajstić information content (AvgIpc) is 2.72. The van der Waals surface area contributed by atoms with Gasteiger partial charge in [0.1, 0.15) is 0 Å². The number of nitrogens with two attached hydrogens (primary N) is 1. The molecule has 2 rings (SSSR count). The molecule has 120 valence electrons. The topological polar surface area (TPSA) is 72.6 Å². The van der Waals surface area contributed by atoms with Gasteiger partial charge in [0.15, 0.2) is 0 Å². The molecule has 0 bridgehead atoms. The van der Waals surface area contributed by atoms with Crippen LogP contribution in [0.5, 0.6) is 0 Å². The van der Waals surface area contributed by atoms with Crippen LogP contribution in [0.3, 0.4) is 0 Å². The van der Waals surface area contributed by atoms with Crippen molar-refractivity contribution < 1.29 is 18.8 Å².